The summed E-state index contributed by atoms with van der Waals surface area (Å²) in [6, 6.07) is 7.18. The quantitative estimate of drug-likeness (QED) is 0.800. The van der Waals surface area contributed by atoms with Crippen LogP contribution in [0.2, 0.25) is 0 Å². The molecule has 0 bridgehead atoms. The molecule has 2 aromatic rings. The highest BCUT2D eigenvalue weighted by Gasteiger charge is 2.28. The normalized spacial score (nSPS) is 16.4. The zero-order valence-electron chi connectivity index (χ0n) is 13.6. The smallest absolute Gasteiger partial charge is 0.256 e. The van der Waals surface area contributed by atoms with Crippen LogP contribution in [0.1, 0.15) is 44.5 Å². The highest BCUT2D eigenvalue weighted by Crippen LogP contribution is 2.39. The number of benzene rings is 1. The number of nitrogens with one attached hydrogen (secondary N) is 2. The van der Waals surface area contributed by atoms with E-state index < -0.39 is 0 Å². The first-order chi connectivity index (χ1) is 11.5. The van der Waals surface area contributed by atoms with Crippen LogP contribution < -0.4 is 10.6 Å². The average Bonchev–Trinajstić information content (AvgIpc) is 2.91. The Labute approximate surface area is 153 Å². The molecular weight excluding hydrogens is 388 g/mol. The third kappa shape index (κ3) is 3.39. The molecule has 0 saturated heterocycles. The third-order valence-corrected chi connectivity index (χ3v) is 6.00. The van der Waals surface area contributed by atoms with E-state index in [0.29, 0.717) is 22.0 Å². The van der Waals surface area contributed by atoms with Crippen molar-refractivity contribution < 1.29 is 9.59 Å². The molecule has 126 valence electrons. The minimum atomic E-state index is -0.195. The van der Waals surface area contributed by atoms with Gasteiger partial charge in [0, 0.05) is 22.0 Å². The number of halogens is 1. The van der Waals surface area contributed by atoms with Gasteiger partial charge in [-0.05, 0) is 55.0 Å². The number of amides is 2. The molecular formula is C18H19BrN2O2S. The number of fused-ring (bicyclic) bond motifs is 1. The van der Waals surface area contributed by atoms with Crippen LogP contribution in [0.15, 0.2) is 28.7 Å². The third-order valence-electron chi connectivity index (χ3n) is 4.30. The van der Waals surface area contributed by atoms with Gasteiger partial charge in [-0.2, -0.15) is 0 Å². The Kier molecular flexibility index (Phi) is 5.06. The molecule has 3 rings (SSSR count). The van der Waals surface area contributed by atoms with E-state index in [1.54, 1.807) is 19.2 Å². The Morgan fingerprint density at radius 1 is 1.21 bits per heavy atom. The summed E-state index contributed by atoms with van der Waals surface area (Å²) < 4.78 is 0.922. The van der Waals surface area contributed by atoms with Crippen LogP contribution in [0.4, 0.5) is 5.00 Å². The fourth-order valence-electron chi connectivity index (χ4n) is 2.98. The predicted molar refractivity (Wildman–Crippen MR) is 101 cm³/mol. The number of carbonyl (C=O) groups is 2. The van der Waals surface area contributed by atoms with Crippen LogP contribution in [-0.4, -0.2) is 18.9 Å². The Hall–Kier alpha value is -1.66. The van der Waals surface area contributed by atoms with Gasteiger partial charge in [0.1, 0.15) is 5.00 Å². The van der Waals surface area contributed by atoms with E-state index in [9.17, 15) is 9.59 Å². The highest BCUT2D eigenvalue weighted by molar-refractivity contribution is 9.10. The second-order valence-corrected chi connectivity index (χ2v) is 8.12. The number of anilines is 1. The molecule has 0 radical (unpaired) electrons. The summed E-state index contributed by atoms with van der Waals surface area (Å²) in [5, 5.41) is 6.29. The lowest BCUT2D eigenvalue weighted by molar-refractivity contribution is 0.0963. The highest BCUT2D eigenvalue weighted by atomic mass is 79.9. The molecule has 2 N–H and O–H groups in total. The van der Waals surface area contributed by atoms with Crippen LogP contribution in [0.3, 0.4) is 0 Å². The maximum Gasteiger partial charge on any atom is 0.256 e. The fraction of sp³-hybridized carbons (Fsp3) is 0.333. The number of carbonyl (C=O) groups excluding carboxylic acids is 2. The molecule has 0 spiro atoms. The Bertz CT molecular complexity index is 783. The summed E-state index contributed by atoms with van der Waals surface area (Å²) in [6.07, 6.45) is 2.94. The van der Waals surface area contributed by atoms with E-state index in [2.05, 4.69) is 33.5 Å². The summed E-state index contributed by atoms with van der Waals surface area (Å²) in [5.41, 5.74) is 2.30. The van der Waals surface area contributed by atoms with E-state index >= 15 is 0 Å². The van der Waals surface area contributed by atoms with Gasteiger partial charge in [-0.25, -0.2) is 0 Å². The van der Waals surface area contributed by atoms with Crippen LogP contribution in [0.5, 0.6) is 0 Å². The average molecular weight is 407 g/mol. The van der Waals surface area contributed by atoms with Crippen molar-refractivity contribution in [1.82, 2.24) is 5.32 Å². The topological polar surface area (TPSA) is 58.2 Å². The standard InChI is InChI=1S/C18H19BrN2O2S/c1-10-3-8-13-14(9-10)24-18(15(13)17(23)20-2)21-16(22)11-4-6-12(19)7-5-11/h4-7,10H,3,8-9H2,1-2H3,(H,20,23)(H,21,22)/t10-/m1/s1. The van der Waals surface area contributed by atoms with Crippen LogP contribution in [0, 0.1) is 5.92 Å². The van der Waals surface area contributed by atoms with Crippen molar-refractivity contribution in [1.29, 1.82) is 0 Å². The van der Waals surface area contributed by atoms with Crippen molar-refractivity contribution in [3.8, 4) is 0 Å². The molecule has 0 unspecified atom stereocenters. The van der Waals surface area contributed by atoms with Gasteiger partial charge in [0.15, 0.2) is 0 Å². The molecule has 24 heavy (non-hydrogen) atoms. The number of thiophene rings is 1. The second kappa shape index (κ2) is 7.07. The molecule has 2 amide bonds. The lowest BCUT2D eigenvalue weighted by atomic mass is 9.88. The SMILES string of the molecule is CNC(=O)c1c(NC(=O)c2ccc(Br)cc2)sc2c1CC[C@@H](C)C2. The summed E-state index contributed by atoms with van der Waals surface area (Å²) in [7, 11) is 1.62. The summed E-state index contributed by atoms with van der Waals surface area (Å²) in [5.74, 6) is 0.288. The maximum absolute atomic E-state index is 12.5. The number of rotatable bonds is 3. The zero-order valence-corrected chi connectivity index (χ0v) is 16.0. The minimum Gasteiger partial charge on any atom is -0.355 e. The van der Waals surface area contributed by atoms with E-state index in [4.69, 9.17) is 0 Å². The number of hydrogen-bond donors (Lipinski definition) is 2. The Balaban J connectivity index is 1.93. The van der Waals surface area contributed by atoms with Gasteiger partial charge in [0.25, 0.3) is 11.8 Å². The first kappa shape index (κ1) is 17.2. The van der Waals surface area contributed by atoms with E-state index in [-0.39, 0.29) is 11.8 Å². The van der Waals surface area contributed by atoms with E-state index in [1.165, 1.54) is 16.2 Å². The molecule has 4 nitrogen and oxygen atoms in total. The first-order valence-corrected chi connectivity index (χ1v) is 9.54. The maximum atomic E-state index is 12.5. The Morgan fingerprint density at radius 3 is 2.58 bits per heavy atom. The van der Waals surface area contributed by atoms with Gasteiger partial charge in [-0.3, -0.25) is 9.59 Å². The van der Waals surface area contributed by atoms with Crippen molar-refractivity contribution in [3.05, 3.63) is 50.3 Å². The van der Waals surface area contributed by atoms with Gasteiger partial charge in [0.2, 0.25) is 0 Å². The molecule has 0 fully saturated rings. The predicted octanol–water partition coefficient (Wildman–Crippen LogP) is 4.25. The van der Waals surface area contributed by atoms with Gasteiger partial charge >= 0.3 is 0 Å². The fourth-order valence-corrected chi connectivity index (χ4v) is 4.65. The molecule has 1 aliphatic rings. The van der Waals surface area contributed by atoms with Crippen molar-refractivity contribution in [2.75, 3.05) is 12.4 Å². The van der Waals surface area contributed by atoms with Gasteiger partial charge in [-0.15, -0.1) is 11.3 Å². The van der Waals surface area contributed by atoms with Gasteiger partial charge < -0.3 is 10.6 Å². The second-order valence-electron chi connectivity index (χ2n) is 6.10. The lowest BCUT2D eigenvalue weighted by Gasteiger charge is -2.18. The first-order valence-electron chi connectivity index (χ1n) is 7.93. The largest absolute Gasteiger partial charge is 0.355 e. The molecule has 0 aliphatic heterocycles. The molecule has 1 aliphatic carbocycles. The molecule has 1 aromatic heterocycles. The van der Waals surface area contributed by atoms with Crippen LogP contribution in [0.25, 0.3) is 0 Å². The van der Waals surface area contributed by atoms with Gasteiger partial charge in [0.05, 0.1) is 5.56 Å². The van der Waals surface area contributed by atoms with E-state index in [0.717, 1.165) is 29.3 Å². The molecule has 1 aromatic carbocycles. The molecule has 1 heterocycles. The summed E-state index contributed by atoms with van der Waals surface area (Å²) >= 11 is 4.90. The van der Waals surface area contributed by atoms with Crippen molar-refractivity contribution in [2.45, 2.75) is 26.2 Å². The zero-order chi connectivity index (χ0) is 17.3. The van der Waals surface area contributed by atoms with Gasteiger partial charge in [-0.1, -0.05) is 22.9 Å². The van der Waals surface area contributed by atoms with Crippen molar-refractivity contribution >= 4 is 44.1 Å². The minimum absolute atomic E-state index is 0.131. The van der Waals surface area contributed by atoms with Crippen molar-refractivity contribution in [2.24, 2.45) is 5.92 Å². The molecule has 0 saturated carbocycles. The van der Waals surface area contributed by atoms with Crippen LogP contribution >= 0.6 is 27.3 Å². The monoisotopic (exact) mass is 406 g/mol. The lowest BCUT2D eigenvalue weighted by Crippen LogP contribution is -2.22. The van der Waals surface area contributed by atoms with Crippen LogP contribution in [-0.2, 0) is 12.8 Å². The summed E-state index contributed by atoms with van der Waals surface area (Å²) in [4.78, 5) is 26.1. The summed E-state index contributed by atoms with van der Waals surface area (Å²) in [6.45, 7) is 2.22. The van der Waals surface area contributed by atoms with E-state index in [1.807, 2.05) is 12.1 Å². The molecule has 1 atom stereocenters. The molecule has 6 heteroatoms. The van der Waals surface area contributed by atoms with Crippen molar-refractivity contribution in [3.63, 3.8) is 0 Å². The Morgan fingerprint density at radius 2 is 1.92 bits per heavy atom. The number of hydrogen-bond acceptors (Lipinski definition) is 3.